The summed E-state index contributed by atoms with van der Waals surface area (Å²) in [6.07, 6.45) is 0.679. The van der Waals surface area contributed by atoms with Gasteiger partial charge in [-0.1, -0.05) is 60.1 Å². The molecule has 5 aromatic rings. The van der Waals surface area contributed by atoms with Crippen LogP contribution >= 0.6 is 11.6 Å². The zero-order valence-electron chi connectivity index (χ0n) is 19.0. The minimum atomic E-state index is -0.0558. The molecular formula is C29H25ClN2O3. The average Bonchev–Trinajstić information content (AvgIpc) is 3.26. The van der Waals surface area contributed by atoms with E-state index in [0.29, 0.717) is 29.3 Å². The molecular weight excluding hydrogens is 460 g/mol. The summed E-state index contributed by atoms with van der Waals surface area (Å²) in [4.78, 5) is 12.7. The number of carbonyl (C=O) groups is 1. The van der Waals surface area contributed by atoms with E-state index in [1.54, 1.807) is 18.2 Å². The van der Waals surface area contributed by atoms with E-state index in [1.807, 2.05) is 66.7 Å². The fourth-order valence-corrected chi connectivity index (χ4v) is 4.32. The maximum Gasteiger partial charge on any atom is 0.176 e. The zero-order valence-corrected chi connectivity index (χ0v) is 19.8. The molecule has 0 spiro atoms. The molecule has 6 heteroatoms. The number of ketones is 1. The number of hydrogen-bond donors (Lipinski definition) is 2. The van der Waals surface area contributed by atoms with Crippen LogP contribution in [0.2, 0.25) is 5.02 Å². The van der Waals surface area contributed by atoms with E-state index in [0.717, 1.165) is 33.3 Å². The van der Waals surface area contributed by atoms with E-state index >= 15 is 0 Å². The highest BCUT2D eigenvalue weighted by Gasteiger charge is 2.15. The van der Waals surface area contributed by atoms with Gasteiger partial charge in [0.2, 0.25) is 0 Å². The average molecular weight is 485 g/mol. The first kappa shape index (κ1) is 23.0. The lowest BCUT2D eigenvalue weighted by atomic mass is 10.0. The summed E-state index contributed by atoms with van der Waals surface area (Å²) < 4.78 is 12.0. The number of rotatable bonds is 9. The number of nitrogen functional groups attached to an aromatic ring is 1. The topological polar surface area (TPSA) is 77.5 Å². The van der Waals surface area contributed by atoms with Crippen molar-refractivity contribution >= 4 is 45.0 Å². The second-order valence-electron chi connectivity index (χ2n) is 8.40. The molecule has 0 fully saturated rings. The minimum Gasteiger partial charge on any atom is -0.493 e. The van der Waals surface area contributed by atoms with Crippen LogP contribution in [0.25, 0.3) is 21.9 Å². The Labute approximate surface area is 208 Å². The Morgan fingerprint density at radius 3 is 2.51 bits per heavy atom. The van der Waals surface area contributed by atoms with Crippen molar-refractivity contribution in [2.24, 2.45) is 0 Å². The Balaban J connectivity index is 1.25. The molecule has 176 valence electrons. The third kappa shape index (κ3) is 5.16. The molecule has 4 aromatic carbocycles. The standard InChI is InChI=1S/C29H25ClN2O3/c30-24-13-10-20(16-25(24)31)27(33)18-32-26(19-6-2-1-3-7-19)14-15-34-21-11-12-23-22-8-4-5-9-28(22)35-29(23)17-21/h1-13,16-17,26,32H,14-15,18,31H2. The number of anilines is 1. The lowest BCUT2D eigenvalue weighted by molar-refractivity contribution is 0.0985. The van der Waals surface area contributed by atoms with Crippen molar-refractivity contribution in [1.82, 2.24) is 5.32 Å². The first-order valence-corrected chi connectivity index (χ1v) is 11.9. The van der Waals surface area contributed by atoms with Crippen molar-refractivity contribution in [1.29, 1.82) is 0 Å². The van der Waals surface area contributed by atoms with Crippen LogP contribution in [0, 0.1) is 0 Å². The van der Waals surface area contributed by atoms with Gasteiger partial charge in [0.15, 0.2) is 5.78 Å². The Hall–Kier alpha value is -3.80. The quantitative estimate of drug-likeness (QED) is 0.177. The molecule has 0 aliphatic rings. The van der Waals surface area contributed by atoms with E-state index in [2.05, 4.69) is 11.4 Å². The number of nitrogens with one attached hydrogen (secondary N) is 1. The van der Waals surface area contributed by atoms with Crippen LogP contribution < -0.4 is 15.8 Å². The molecule has 5 rings (SSSR count). The molecule has 0 bridgehead atoms. The van der Waals surface area contributed by atoms with Gasteiger partial charge < -0.3 is 20.2 Å². The fourth-order valence-electron chi connectivity index (χ4n) is 4.20. The van der Waals surface area contributed by atoms with Crippen molar-refractivity contribution in [3.63, 3.8) is 0 Å². The van der Waals surface area contributed by atoms with E-state index in [9.17, 15) is 4.79 Å². The molecule has 0 aliphatic heterocycles. The molecule has 0 saturated carbocycles. The van der Waals surface area contributed by atoms with Crippen molar-refractivity contribution in [2.75, 3.05) is 18.9 Å². The normalized spacial score (nSPS) is 12.1. The third-order valence-corrected chi connectivity index (χ3v) is 6.40. The summed E-state index contributed by atoms with van der Waals surface area (Å²) in [5.41, 5.74) is 9.53. The highest BCUT2D eigenvalue weighted by atomic mass is 35.5. The Bertz CT molecular complexity index is 1480. The van der Waals surface area contributed by atoms with Gasteiger partial charge in [0.05, 0.1) is 23.9 Å². The number of halogens is 1. The van der Waals surface area contributed by atoms with E-state index in [4.69, 9.17) is 26.5 Å². The summed E-state index contributed by atoms with van der Waals surface area (Å²) >= 11 is 5.98. The number of nitrogens with two attached hydrogens (primary N) is 1. The van der Waals surface area contributed by atoms with Gasteiger partial charge in [0, 0.05) is 34.9 Å². The first-order valence-electron chi connectivity index (χ1n) is 11.5. The Kier molecular flexibility index (Phi) is 6.70. The lowest BCUT2D eigenvalue weighted by Crippen LogP contribution is -2.29. The van der Waals surface area contributed by atoms with Gasteiger partial charge in [-0.2, -0.15) is 0 Å². The largest absolute Gasteiger partial charge is 0.493 e. The molecule has 0 saturated heterocycles. The van der Waals surface area contributed by atoms with Crippen LogP contribution in [-0.2, 0) is 0 Å². The Morgan fingerprint density at radius 1 is 0.914 bits per heavy atom. The van der Waals surface area contributed by atoms with Gasteiger partial charge in [-0.05, 0) is 42.0 Å². The van der Waals surface area contributed by atoms with Crippen LogP contribution in [0.4, 0.5) is 5.69 Å². The SMILES string of the molecule is Nc1cc(C(=O)CNC(CCOc2ccc3c(c2)oc2ccccc23)c2ccccc2)ccc1Cl. The number of ether oxygens (including phenoxy) is 1. The summed E-state index contributed by atoms with van der Waals surface area (Å²) in [5, 5.41) is 5.98. The highest BCUT2D eigenvalue weighted by Crippen LogP contribution is 2.31. The van der Waals surface area contributed by atoms with E-state index in [1.165, 1.54) is 0 Å². The molecule has 5 nitrogen and oxygen atoms in total. The number of Topliss-reactive ketones (excluding diaryl/α,β-unsaturated/α-hetero) is 1. The predicted molar refractivity (Wildman–Crippen MR) is 141 cm³/mol. The number of benzene rings is 4. The number of fused-ring (bicyclic) bond motifs is 3. The monoisotopic (exact) mass is 484 g/mol. The van der Waals surface area contributed by atoms with Crippen LogP contribution in [0.5, 0.6) is 5.75 Å². The number of hydrogen-bond acceptors (Lipinski definition) is 5. The Morgan fingerprint density at radius 2 is 1.69 bits per heavy atom. The maximum absolute atomic E-state index is 12.7. The molecule has 1 atom stereocenters. The van der Waals surface area contributed by atoms with Crippen molar-refractivity contribution in [3.8, 4) is 5.75 Å². The van der Waals surface area contributed by atoms with Crippen molar-refractivity contribution in [2.45, 2.75) is 12.5 Å². The number of furan rings is 1. The summed E-state index contributed by atoms with van der Waals surface area (Å²) in [5.74, 6) is 0.696. The molecule has 35 heavy (non-hydrogen) atoms. The smallest absolute Gasteiger partial charge is 0.176 e. The van der Waals surface area contributed by atoms with Crippen LogP contribution in [0.15, 0.2) is 95.4 Å². The molecule has 0 aliphatic carbocycles. The first-order chi connectivity index (χ1) is 17.1. The summed E-state index contributed by atoms with van der Waals surface area (Å²) in [6, 6.07) is 28.8. The highest BCUT2D eigenvalue weighted by molar-refractivity contribution is 6.33. The predicted octanol–water partition coefficient (Wildman–Crippen LogP) is 6.80. The molecule has 0 amide bonds. The van der Waals surface area contributed by atoms with Gasteiger partial charge in [0.1, 0.15) is 16.9 Å². The van der Waals surface area contributed by atoms with E-state index < -0.39 is 0 Å². The zero-order chi connectivity index (χ0) is 24.2. The second-order valence-corrected chi connectivity index (χ2v) is 8.80. The maximum atomic E-state index is 12.7. The van der Waals surface area contributed by atoms with Crippen LogP contribution in [0.1, 0.15) is 28.4 Å². The second kappa shape index (κ2) is 10.2. The van der Waals surface area contributed by atoms with Gasteiger partial charge in [-0.3, -0.25) is 4.79 Å². The molecule has 1 unspecified atom stereocenters. The molecule has 1 heterocycles. The fraction of sp³-hybridized carbons (Fsp3) is 0.138. The van der Waals surface area contributed by atoms with Gasteiger partial charge in [-0.15, -0.1) is 0 Å². The summed E-state index contributed by atoms with van der Waals surface area (Å²) in [7, 11) is 0. The summed E-state index contributed by atoms with van der Waals surface area (Å²) in [6.45, 7) is 0.645. The number of para-hydroxylation sites is 1. The van der Waals surface area contributed by atoms with Gasteiger partial charge in [0.25, 0.3) is 0 Å². The number of carbonyl (C=O) groups excluding carboxylic acids is 1. The van der Waals surface area contributed by atoms with Gasteiger partial charge in [-0.25, -0.2) is 0 Å². The van der Waals surface area contributed by atoms with Crippen LogP contribution in [0.3, 0.4) is 0 Å². The molecule has 0 radical (unpaired) electrons. The lowest BCUT2D eigenvalue weighted by Gasteiger charge is -2.19. The van der Waals surface area contributed by atoms with Gasteiger partial charge >= 0.3 is 0 Å². The van der Waals surface area contributed by atoms with Crippen molar-refractivity contribution < 1.29 is 13.9 Å². The molecule has 1 aromatic heterocycles. The minimum absolute atomic E-state index is 0.0504. The van der Waals surface area contributed by atoms with Crippen molar-refractivity contribution in [3.05, 3.63) is 107 Å². The third-order valence-electron chi connectivity index (χ3n) is 6.05. The molecule has 3 N–H and O–H groups in total. The van der Waals surface area contributed by atoms with Crippen LogP contribution in [-0.4, -0.2) is 18.9 Å². The van der Waals surface area contributed by atoms with E-state index in [-0.39, 0.29) is 18.4 Å².